The second kappa shape index (κ2) is 7.50. The van der Waals surface area contributed by atoms with Crippen LogP contribution in [0.3, 0.4) is 0 Å². The van der Waals surface area contributed by atoms with Crippen molar-refractivity contribution in [3.05, 3.63) is 99.2 Å². The van der Waals surface area contributed by atoms with Crippen molar-refractivity contribution in [3.63, 3.8) is 0 Å². The first-order valence-corrected chi connectivity index (χ1v) is 11.4. The minimum Gasteiger partial charge on any atom is -0.497 e. The highest BCUT2D eigenvalue weighted by Gasteiger charge is 2.45. The molecule has 6 rings (SSSR count). The van der Waals surface area contributed by atoms with E-state index in [9.17, 15) is 14.0 Å². The number of methoxy groups -OCH3 is 1. The van der Waals surface area contributed by atoms with Crippen LogP contribution in [0.4, 0.5) is 9.52 Å². The molecule has 0 unspecified atom stereocenters. The maximum atomic E-state index is 13.7. The number of thiazole rings is 1. The molecule has 0 bridgehead atoms. The van der Waals surface area contributed by atoms with Crippen LogP contribution in [0.25, 0.3) is 21.2 Å². The van der Waals surface area contributed by atoms with E-state index in [4.69, 9.17) is 9.15 Å². The normalized spacial score (nSPS) is 15.3. The maximum absolute atomic E-state index is 13.7. The highest BCUT2D eigenvalue weighted by Crippen LogP contribution is 2.44. The number of carbonyl (C=O) groups is 1. The molecule has 1 amide bonds. The fraction of sp³-hybridized carbons (Fsp3) is 0.115. The van der Waals surface area contributed by atoms with Crippen molar-refractivity contribution in [2.45, 2.75) is 13.0 Å². The third-order valence-electron chi connectivity index (χ3n) is 6.00. The van der Waals surface area contributed by atoms with Gasteiger partial charge >= 0.3 is 0 Å². The SMILES string of the molecule is COc1ccc2nc(N3C(=O)c4oc5ccc(C)cc5c(=O)c4[C@@H]3c3ccc(F)cc3)sc2c1. The molecule has 34 heavy (non-hydrogen) atoms. The van der Waals surface area contributed by atoms with Crippen molar-refractivity contribution in [1.82, 2.24) is 4.98 Å². The number of halogens is 1. The summed E-state index contributed by atoms with van der Waals surface area (Å²) in [5.74, 6) is -0.220. The van der Waals surface area contributed by atoms with Gasteiger partial charge in [-0.05, 0) is 55.0 Å². The zero-order valence-electron chi connectivity index (χ0n) is 18.2. The van der Waals surface area contributed by atoms with E-state index >= 15 is 0 Å². The van der Waals surface area contributed by atoms with Gasteiger partial charge in [-0.25, -0.2) is 9.37 Å². The van der Waals surface area contributed by atoms with Gasteiger partial charge in [0.15, 0.2) is 10.6 Å². The zero-order valence-corrected chi connectivity index (χ0v) is 19.0. The number of aromatic nitrogens is 1. The van der Waals surface area contributed by atoms with E-state index in [2.05, 4.69) is 4.98 Å². The molecule has 1 aliphatic heterocycles. The maximum Gasteiger partial charge on any atom is 0.297 e. The van der Waals surface area contributed by atoms with Crippen molar-refractivity contribution in [1.29, 1.82) is 0 Å². The lowest BCUT2D eigenvalue weighted by atomic mass is 9.98. The summed E-state index contributed by atoms with van der Waals surface area (Å²) in [7, 11) is 1.58. The number of rotatable bonds is 3. The fourth-order valence-corrected chi connectivity index (χ4v) is 5.39. The fourth-order valence-electron chi connectivity index (χ4n) is 4.37. The molecule has 0 spiro atoms. The summed E-state index contributed by atoms with van der Waals surface area (Å²) in [4.78, 5) is 33.5. The minimum atomic E-state index is -0.799. The number of hydrogen-bond acceptors (Lipinski definition) is 6. The Labute approximate surface area is 196 Å². The Bertz CT molecular complexity index is 1670. The standard InChI is InChI=1S/C26H17FN2O4S/c1-13-3-10-19-17(11-13)23(30)21-22(14-4-6-15(27)7-5-14)29(25(31)24(21)33-19)26-28-18-9-8-16(32-2)12-20(18)34-26/h3-12,22H,1-2H3/t22-/m0/s1. The average Bonchev–Trinajstić information content (AvgIpc) is 3.38. The molecule has 0 saturated heterocycles. The molecule has 5 aromatic rings. The molecule has 0 radical (unpaired) electrons. The Morgan fingerprint density at radius 3 is 2.62 bits per heavy atom. The smallest absolute Gasteiger partial charge is 0.297 e. The second-order valence-electron chi connectivity index (χ2n) is 8.13. The van der Waals surface area contributed by atoms with E-state index in [0.29, 0.717) is 32.9 Å². The molecule has 6 nitrogen and oxygen atoms in total. The summed E-state index contributed by atoms with van der Waals surface area (Å²) in [5, 5.41) is 0.808. The summed E-state index contributed by atoms with van der Waals surface area (Å²) >= 11 is 1.31. The first-order chi connectivity index (χ1) is 16.4. The third kappa shape index (κ3) is 3.03. The third-order valence-corrected chi connectivity index (χ3v) is 7.02. The van der Waals surface area contributed by atoms with Crippen LogP contribution in [0.1, 0.15) is 33.3 Å². The molecular weight excluding hydrogens is 455 g/mol. The monoisotopic (exact) mass is 472 g/mol. The Morgan fingerprint density at radius 2 is 1.85 bits per heavy atom. The van der Waals surface area contributed by atoms with Gasteiger partial charge in [-0.2, -0.15) is 0 Å². The number of fused-ring (bicyclic) bond motifs is 3. The molecule has 0 saturated carbocycles. The molecule has 0 aliphatic carbocycles. The van der Waals surface area contributed by atoms with Crippen LogP contribution in [0.15, 0.2) is 69.9 Å². The van der Waals surface area contributed by atoms with Crippen LogP contribution < -0.4 is 15.1 Å². The highest BCUT2D eigenvalue weighted by molar-refractivity contribution is 7.22. The van der Waals surface area contributed by atoms with Gasteiger partial charge < -0.3 is 9.15 Å². The quantitative estimate of drug-likeness (QED) is 0.341. The summed E-state index contributed by atoms with van der Waals surface area (Å²) in [6.45, 7) is 1.89. The number of ether oxygens (including phenoxy) is 1. The second-order valence-corrected chi connectivity index (χ2v) is 9.14. The highest BCUT2D eigenvalue weighted by atomic mass is 32.1. The molecule has 168 valence electrons. The lowest BCUT2D eigenvalue weighted by Gasteiger charge is -2.22. The molecule has 2 aromatic heterocycles. The van der Waals surface area contributed by atoms with E-state index in [-0.39, 0.29) is 16.8 Å². The van der Waals surface area contributed by atoms with Gasteiger partial charge in [0, 0.05) is 0 Å². The van der Waals surface area contributed by atoms with Gasteiger partial charge in [0.25, 0.3) is 5.91 Å². The molecule has 3 aromatic carbocycles. The van der Waals surface area contributed by atoms with Gasteiger partial charge in [-0.15, -0.1) is 0 Å². The van der Waals surface area contributed by atoms with Crippen molar-refractivity contribution < 1.29 is 18.3 Å². The first kappa shape index (κ1) is 20.6. The molecule has 0 fully saturated rings. The summed E-state index contributed by atoms with van der Waals surface area (Å²) in [6, 6.07) is 15.7. The minimum absolute atomic E-state index is 0.0208. The lowest BCUT2D eigenvalue weighted by Crippen LogP contribution is -2.29. The summed E-state index contributed by atoms with van der Waals surface area (Å²) < 4.78 is 25.8. The van der Waals surface area contributed by atoms with Crippen LogP contribution >= 0.6 is 11.3 Å². The van der Waals surface area contributed by atoms with E-state index in [0.717, 1.165) is 10.3 Å². The Balaban J connectivity index is 1.62. The van der Waals surface area contributed by atoms with E-state index in [1.165, 1.54) is 28.4 Å². The van der Waals surface area contributed by atoms with Crippen LogP contribution in [-0.4, -0.2) is 18.0 Å². The number of hydrogen-bond donors (Lipinski definition) is 0. The van der Waals surface area contributed by atoms with Crippen molar-refractivity contribution in [2.75, 3.05) is 12.0 Å². The van der Waals surface area contributed by atoms with Crippen molar-refractivity contribution in [3.8, 4) is 5.75 Å². The van der Waals surface area contributed by atoms with Crippen molar-refractivity contribution in [2.24, 2.45) is 0 Å². The predicted octanol–water partition coefficient (Wildman–Crippen LogP) is 5.61. The molecule has 3 heterocycles. The molecule has 0 N–H and O–H groups in total. The van der Waals surface area contributed by atoms with Crippen LogP contribution in [-0.2, 0) is 0 Å². The number of benzene rings is 3. The van der Waals surface area contributed by atoms with Crippen LogP contribution in [0.5, 0.6) is 5.75 Å². The Kier molecular flexibility index (Phi) is 4.53. The van der Waals surface area contributed by atoms with Crippen LogP contribution in [0, 0.1) is 12.7 Å². The number of aryl methyl sites for hydroxylation is 1. The topological polar surface area (TPSA) is 72.6 Å². The molecule has 8 heteroatoms. The summed E-state index contributed by atoms with van der Waals surface area (Å²) in [5.41, 5.74) is 2.47. The number of amides is 1. The van der Waals surface area contributed by atoms with Crippen LogP contribution in [0.2, 0.25) is 0 Å². The summed E-state index contributed by atoms with van der Waals surface area (Å²) in [6.07, 6.45) is 0. The van der Waals surface area contributed by atoms with E-state index in [1.807, 2.05) is 25.1 Å². The predicted molar refractivity (Wildman–Crippen MR) is 128 cm³/mol. The largest absolute Gasteiger partial charge is 0.497 e. The van der Waals surface area contributed by atoms with E-state index < -0.39 is 17.8 Å². The van der Waals surface area contributed by atoms with Crippen molar-refractivity contribution >= 4 is 43.6 Å². The first-order valence-electron chi connectivity index (χ1n) is 10.6. The Hall–Kier alpha value is -4.04. The van der Waals surface area contributed by atoms with Gasteiger partial charge in [-0.3, -0.25) is 14.5 Å². The lowest BCUT2D eigenvalue weighted by molar-refractivity contribution is 0.0971. The zero-order chi connectivity index (χ0) is 23.6. The van der Waals surface area contributed by atoms with Gasteiger partial charge in [0.1, 0.15) is 17.1 Å². The average molecular weight is 472 g/mol. The Morgan fingerprint density at radius 1 is 1.06 bits per heavy atom. The molecule has 1 atom stereocenters. The van der Waals surface area contributed by atoms with E-state index in [1.54, 1.807) is 37.4 Å². The van der Waals surface area contributed by atoms with Gasteiger partial charge in [0.2, 0.25) is 5.76 Å². The van der Waals surface area contributed by atoms with Gasteiger partial charge in [0.05, 0.1) is 34.3 Å². The number of anilines is 1. The molecule has 1 aliphatic rings. The number of nitrogens with zero attached hydrogens (tertiary/aromatic N) is 2. The molecular formula is C26H17FN2O4S. The van der Waals surface area contributed by atoms with Gasteiger partial charge in [-0.1, -0.05) is 35.1 Å². The number of carbonyl (C=O) groups excluding carboxylic acids is 1.